The molecule has 23 heavy (non-hydrogen) atoms. The SMILES string of the molecule is OCCN(CCO)c1ncnc2scc(-c3ccc(Cl)cc3)c12. The molecule has 0 aliphatic rings. The van der Waals surface area contributed by atoms with Crippen molar-refractivity contribution in [2.24, 2.45) is 0 Å². The lowest BCUT2D eigenvalue weighted by Gasteiger charge is -2.22. The first-order chi connectivity index (χ1) is 11.2. The molecule has 0 spiro atoms. The van der Waals surface area contributed by atoms with Crippen LogP contribution in [-0.4, -0.2) is 46.5 Å². The monoisotopic (exact) mass is 349 g/mol. The van der Waals surface area contributed by atoms with Gasteiger partial charge in [-0.1, -0.05) is 23.7 Å². The lowest BCUT2D eigenvalue weighted by atomic mass is 10.1. The highest BCUT2D eigenvalue weighted by Crippen LogP contribution is 2.38. The van der Waals surface area contributed by atoms with Gasteiger partial charge in [0, 0.05) is 29.1 Å². The number of aromatic nitrogens is 2. The summed E-state index contributed by atoms with van der Waals surface area (Å²) in [6.07, 6.45) is 1.52. The minimum Gasteiger partial charge on any atom is -0.395 e. The van der Waals surface area contributed by atoms with Crippen LogP contribution >= 0.6 is 22.9 Å². The number of halogens is 1. The number of hydrogen-bond donors (Lipinski definition) is 2. The van der Waals surface area contributed by atoms with Gasteiger partial charge in [0.05, 0.1) is 18.6 Å². The summed E-state index contributed by atoms with van der Waals surface area (Å²) in [5.41, 5.74) is 2.06. The first kappa shape index (κ1) is 16.1. The average Bonchev–Trinajstić information content (AvgIpc) is 2.99. The van der Waals surface area contributed by atoms with Gasteiger partial charge in [0.1, 0.15) is 17.0 Å². The Bertz CT molecular complexity index is 786. The molecule has 3 rings (SSSR count). The Labute approximate surface area is 142 Å². The van der Waals surface area contributed by atoms with Gasteiger partial charge in [-0.3, -0.25) is 0 Å². The Morgan fingerprint density at radius 3 is 2.39 bits per heavy atom. The van der Waals surface area contributed by atoms with E-state index < -0.39 is 0 Å². The fourth-order valence-electron chi connectivity index (χ4n) is 2.51. The standard InChI is InChI=1S/C16H16ClN3O2S/c17-12-3-1-11(2-4-12)13-9-23-16-14(13)15(18-10-19-16)20(5-7-21)6-8-22/h1-4,9-10,21-22H,5-8H2. The lowest BCUT2D eigenvalue weighted by Crippen LogP contribution is -2.30. The van der Waals surface area contributed by atoms with Crippen LogP contribution in [0.25, 0.3) is 21.3 Å². The molecular formula is C16H16ClN3O2S. The first-order valence-electron chi connectivity index (χ1n) is 7.19. The summed E-state index contributed by atoms with van der Waals surface area (Å²) >= 11 is 7.51. The Morgan fingerprint density at radius 2 is 1.74 bits per heavy atom. The van der Waals surface area contributed by atoms with Gasteiger partial charge in [-0.15, -0.1) is 11.3 Å². The second-order valence-corrected chi connectivity index (χ2v) is 6.26. The van der Waals surface area contributed by atoms with Crippen molar-refractivity contribution < 1.29 is 10.2 Å². The number of nitrogens with zero attached hydrogens (tertiary/aromatic N) is 3. The normalized spacial score (nSPS) is 11.1. The van der Waals surface area contributed by atoms with Crippen LogP contribution in [0.5, 0.6) is 0 Å². The lowest BCUT2D eigenvalue weighted by molar-refractivity contribution is 0.281. The molecule has 0 amide bonds. The zero-order valence-electron chi connectivity index (χ0n) is 12.3. The Balaban J connectivity index is 2.15. The number of aliphatic hydroxyl groups is 2. The maximum absolute atomic E-state index is 9.29. The van der Waals surface area contributed by atoms with Crippen molar-refractivity contribution >= 4 is 39.0 Å². The molecule has 5 nitrogen and oxygen atoms in total. The molecule has 0 aliphatic heterocycles. The summed E-state index contributed by atoms with van der Waals surface area (Å²) in [5.74, 6) is 0.726. The average molecular weight is 350 g/mol. The molecule has 0 fully saturated rings. The molecule has 0 saturated carbocycles. The molecule has 120 valence electrons. The Hall–Kier alpha value is -1.73. The summed E-state index contributed by atoms with van der Waals surface area (Å²) in [4.78, 5) is 11.5. The minimum absolute atomic E-state index is 0.00802. The minimum atomic E-state index is -0.00802. The summed E-state index contributed by atoms with van der Waals surface area (Å²) in [5, 5.41) is 22.2. The van der Waals surface area contributed by atoms with Gasteiger partial charge >= 0.3 is 0 Å². The van der Waals surface area contributed by atoms with E-state index in [2.05, 4.69) is 9.97 Å². The maximum Gasteiger partial charge on any atom is 0.141 e. The molecule has 7 heteroatoms. The number of thiophene rings is 1. The summed E-state index contributed by atoms with van der Waals surface area (Å²) < 4.78 is 0. The van der Waals surface area contributed by atoms with E-state index in [1.54, 1.807) is 11.3 Å². The van der Waals surface area contributed by atoms with Gasteiger partial charge in [0.15, 0.2) is 0 Å². The van der Waals surface area contributed by atoms with Crippen LogP contribution < -0.4 is 4.90 Å². The summed E-state index contributed by atoms with van der Waals surface area (Å²) in [7, 11) is 0. The van der Waals surface area contributed by atoms with Crippen LogP contribution in [0.3, 0.4) is 0 Å². The number of anilines is 1. The van der Waals surface area contributed by atoms with Crippen LogP contribution in [0.4, 0.5) is 5.82 Å². The molecule has 2 N–H and O–H groups in total. The highest BCUT2D eigenvalue weighted by molar-refractivity contribution is 7.17. The van der Waals surface area contributed by atoms with E-state index >= 15 is 0 Å². The molecule has 2 heterocycles. The van der Waals surface area contributed by atoms with E-state index in [1.165, 1.54) is 6.33 Å². The fraction of sp³-hybridized carbons (Fsp3) is 0.250. The first-order valence-corrected chi connectivity index (χ1v) is 8.45. The van der Waals surface area contributed by atoms with Gasteiger partial charge in [0.25, 0.3) is 0 Å². The van der Waals surface area contributed by atoms with Crippen molar-refractivity contribution in [3.63, 3.8) is 0 Å². The third-order valence-electron chi connectivity index (χ3n) is 3.54. The van der Waals surface area contributed by atoms with E-state index in [0.717, 1.165) is 27.2 Å². The van der Waals surface area contributed by atoms with E-state index in [-0.39, 0.29) is 13.2 Å². The fourth-order valence-corrected chi connectivity index (χ4v) is 3.54. The zero-order chi connectivity index (χ0) is 16.2. The van der Waals surface area contributed by atoms with Crippen molar-refractivity contribution in [2.45, 2.75) is 0 Å². The van der Waals surface area contributed by atoms with E-state index in [1.807, 2.05) is 34.5 Å². The number of fused-ring (bicyclic) bond motifs is 1. The molecule has 0 aliphatic carbocycles. The molecule has 0 atom stereocenters. The molecule has 2 aromatic heterocycles. The van der Waals surface area contributed by atoms with Gasteiger partial charge in [0.2, 0.25) is 0 Å². The van der Waals surface area contributed by atoms with Crippen LogP contribution in [0.2, 0.25) is 5.02 Å². The summed E-state index contributed by atoms with van der Waals surface area (Å²) in [6, 6.07) is 7.62. The zero-order valence-corrected chi connectivity index (χ0v) is 13.9. The predicted molar refractivity (Wildman–Crippen MR) is 94.2 cm³/mol. The molecular weight excluding hydrogens is 334 g/mol. The molecule has 0 radical (unpaired) electrons. The van der Waals surface area contributed by atoms with Crippen LogP contribution in [0.1, 0.15) is 0 Å². The van der Waals surface area contributed by atoms with Crippen molar-refractivity contribution in [3.8, 4) is 11.1 Å². The van der Waals surface area contributed by atoms with E-state index in [9.17, 15) is 10.2 Å². The largest absolute Gasteiger partial charge is 0.395 e. The molecule has 3 aromatic rings. The summed E-state index contributed by atoms with van der Waals surface area (Å²) in [6.45, 7) is 0.795. The van der Waals surface area contributed by atoms with Gasteiger partial charge in [-0.2, -0.15) is 0 Å². The molecule has 1 aromatic carbocycles. The molecule has 0 bridgehead atoms. The number of benzene rings is 1. The van der Waals surface area contributed by atoms with Crippen molar-refractivity contribution in [1.82, 2.24) is 9.97 Å². The second-order valence-electron chi connectivity index (χ2n) is 4.97. The van der Waals surface area contributed by atoms with Crippen LogP contribution in [0.15, 0.2) is 36.0 Å². The van der Waals surface area contributed by atoms with Crippen molar-refractivity contribution in [2.75, 3.05) is 31.2 Å². The van der Waals surface area contributed by atoms with Gasteiger partial charge in [-0.05, 0) is 17.7 Å². The number of aliphatic hydroxyl groups excluding tert-OH is 2. The van der Waals surface area contributed by atoms with Crippen molar-refractivity contribution in [3.05, 3.63) is 41.0 Å². The number of rotatable bonds is 6. The molecule has 0 unspecified atom stereocenters. The predicted octanol–water partition coefficient (Wildman–Crippen LogP) is 2.80. The maximum atomic E-state index is 9.29. The third kappa shape index (κ3) is 3.30. The Morgan fingerprint density at radius 1 is 1.04 bits per heavy atom. The van der Waals surface area contributed by atoms with Crippen molar-refractivity contribution in [1.29, 1.82) is 0 Å². The topological polar surface area (TPSA) is 69.5 Å². The Kier molecular flexibility index (Phi) is 5.07. The third-order valence-corrected chi connectivity index (χ3v) is 4.68. The van der Waals surface area contributed by atoms with Gasteiger partial charge in [-0.25, -0.2) is 9.97 Å². The van der Waals surface area contributed by atoms with E-state index in [0.29, 0.717) is 18.1 Å². The van der Waals surface area contributed by atoms with Gasteiger partial charge < -0.3 is 15.1 Å². The quantitative estimate of drug-likeness (QED) is 0.716. The highest BCUT2D eigenvalue weighted by Gasteiger charge is 2.17. The molecule has 0 saturated heterocycles. The number of hydrogen-bond acceptors (Lipinski definition) is 6. The van der Waals surface area contributed by atoms with E-state index in [4.69, 9.17) is 11.6 Å². The highest BCUT2D eigenvalue weighted by atomic mass is 35.5. The smallest absolute Gasteiger partial charge is 0.141 e. The second kappa shape index (κ2) is 7.23. The van der Waals surface area contributed by atoms with Crippen LogP contribution in [-0.2, 0) is 0 Å². The van der Waals surface area contributed by atoms with Crippen LogP contribution in [0, 0.1) is 0 Å².